The second kappa shape index (κ2) is 5.91. The normalized spacial score (nSPS) is 10.1. The van der Waals surface area contributed by atoms with E-state index in [2.05, 4.69) is 0 Å². The summed E-state index contributed by atoms with van der Waals surface area (Å²) in [6, 6.07) is 14.0. The van der Waals surface area contributed by atoms with Gasteiger partial charge in [-0.3, -0.25) is 4.79 Å². The predicted octanol–water partition coefficient (Wildman–Crippen LogP) is 2.11. The van der Waals surface area contributed by atoms with Gasteiger partial charge in [-0.2, -0.15) is 0 Å². The van der Waals surface area contributed by atoms with E-state index in [1.54, 1.807) is 6.07 Å². The van der Waals surface area contributed by atoms with Crippen LogP contribution in [0.4, 0.5) is 0 Å². The number of phenols is 1. The molecule has 0 bridgehead atoms. The highest BCUT2D eigenvalue weighted by Gasteiger charge is 2.06. The Morgan fingerprint density at radius 2 is 1.89 bits per heavy atom. The topological polar surface area (TPSA) is 72.6 Å². The smallest absolute Gasteiger partial charge is 0.248 e. The van der Waals surface area contributed by atoms with Crippen LogP contribution in [0, 0.1) is 0 Å². The van der Waals surface area contributed by atoms with Crippen LogP contribution in [-0.4, -0.2) is 17.6 Å². The van der Waals surface area contributed by atoms with Crippen LogP contribution in [0.5, 0.6) is 11.5 Å². The van der Waals surface area contributed by atoms with Gasteiger partial charge in [0.05, 0.1) is 6.61 Å². The van der Waals surface area contributed by atoms with Gasteiger partial charge in [-0.1, -0.05) is 18.2 Å². The lowest BCUT2D eigenvalue weighted by atomic mass is 10.1. The van der Waals surface area contributed by atoms with E-state index in [4.69, 9.17) is 10.5 Å². The zero-order valence-corrected chi connectivity index (χ0v) is 10.4. The first-order chi connectivity index (χ1) is 9.16. The van der Waals surface area contributed by atoms with Crippen LogP contribution in [0.3, 0.4) is 0 Å². The molecule has 0 heterocycles. The SMILES string of the molecule is NC(=O)c1ccc(O)c(CCOc2ccccc2)c1. The molecule has 0 saturated carbocycles. The van der Waals surface area contributed by atoms with Crippen molar-refractivity contribution in [3.8, 4) is 11.5 Å². The van der Waals surface area contributed by atoms with Crippen molar-refractivity contribution in [2.75, 3.05) is 6.61 Å². The summed E-state index contributed by atoms with van der Waals surface area (Å²) in [6.07, 6.45) is 0.502. The number of primary amides is 1. The number of amides is 1. The first kappa shape index (κ1) is 13.0. The summed E-state index contributed by atoms with van der Waals surface area (Å²) in [5.41, 5.74) is 6.23. The zero-order valence-electron chi connectivity index (χ0n) is 10.4. The van der Waals surface area contributed by atoms with E-state index in [9.17, 15) is 9.90 Å². The van der Waals surface area contributed by atoms with Gasteiger partial charge < -0.3 is 15.6 Å². The lowest BCUT2D eigenvalue weighted by Crippen LogP contribution is -2.11. The fourth-order valence-electron chi connectivity index (χ4n) is 1.73. The van der Waals surface area contributed by atoms with Gasteiger partial charge in [-0.25, -0.2) is 0 Å². The standard InChI is InChI=1S/C15H15NO3/c16-15(18)12-6-7-14(17)11(10-12)8-9-19-13-4-2-1-3-5-13/h1-7,10,17H,8-9H2,(H2,16,18). The summed E-state index contributed by atoms with van der Waals surface area (Å²) in [6.45, 7) is 0.416. The van der Waals surface area contributed by atoms with Gasteiger partial charge in [0.1, 0.15) is 11.5 Å². The molecule has 3 N–H and O–H groups in total. The van der Waals surface area contributed by atoms with E-state index in [-0.39, 0.29) is 5.75 Å². The van der Waals surface area contributed by atoms with Crippen molar-refractivity contribution in [3.63, 3.8) is 0 Å². The van der Waals surface area contributed by atoms with Crippen molar-refractivity contribution < 1.29 is 14.6 Å². The number of carbonyl (C=O) groups is 1. The summed E-state index contributed by atoms with van der Waals surface area (Å²) in [4.78, 5) is 11.1. The van der Waals surface area contributed by atoms with Crippen molar-refractivity contribution in [1.82, 2.24) is 0 Å². The minimum atomic E-state index is -0.509. The molecule has 0 aromatic heterocycles. The largest absolute Gasteiger partial charge is 0.508 e. The van der Waals surface area contributed by atoms with E-state index >= 15 is 0 Å². The molecule has 2 rings (SSSR count). The van der Waals surface area contributed by atoms with Crippen LogP contribution in [0.2, 0.25) is 0 Å². The average molecular weight is 257 g/mol. The third-order valence-electron chi connectivity index (χ3n) is 2.75. The van der Waals surface area contributed by atoms with Gasteiger partial charge in [-0.15, -0.1) is 0 Å². The Balaban J connectivity index is 1.99. The molecular weight excluding hydrogens is 242 g/mol. The fraction of sp³-hybridized carbons (Fsp3) is 0.133. The molecule has 0 spiro atoms. The molecule has 4 heteroatoms. The maximum atomic E-state index is 11.1. The molecule has 0 aliphatic heterocycles. The predicted molar refractivity (Wildman–Crippen MR) is 72.3 cm³/mol. The number of hydrogen-bond donors (Lipinski definition) is 2. The third-order valence-corrected chi connectivity index (χ3v) is 2.75. The molecule has 0 radical (unpaired) electrons. The van der Waals surface area contributed by atoms with E-state index in [1.165, 1.54) is 12.1 Å². The summed E-state index contributed by atoms with van der Waals surface area (Å²) < 4.78 is 5.54. The molecule has 98 valence electrons. The number of carbonyl (C=O) groups excluding carboxylic acids is 1. The van der Waals surface area contributed by atoms with Crippen LogP contribution in [0.1, 0.15) is 15.9 Å². The van der Waals surface area contributed by atoms with Crippen LogP contribution in [-0.2, 0) is 6.42 Å². The second-order valence-electron chi connectivity index (χ2n) is 4.12. The van der Waals surface area contributed by atoms with Gasteiger partial charge in [-0.05, 0) is 35.9 Å². The Morgan fingerprint density at radius 3 is 2.58 bits per heavy atom. The van der Waals surface area contributed by atoms with Crippen LogP contribution in [0.15, 0.2) is 48.5 Å². The highest BCUT2D eigenvalue weighted by molar-refractivity contribution is 5.93. The summed E-state index contributed by atoms with van der Waals surface area (Å²) in [5, 5.41) is 9.71. The number of para-hydroxylation sites is 1. The van der Waals surface area contributed by atoms with Crippen molar-refractivity contribution in [2.45, 2.75) is 6.42 Å². The molecule has 2 aromatic rings. The molecule has 4 nitrogen and oxygen atoms in total. The number of phenolic OH excluding ortho intramolecular Hbond substituents is 1. The second-order valence-corrected chi connectivity index (χ2v) is 4.12. The van der Waals surface area contributed by atoms with Gasteiger partial charge in [0.25, 0.3) is 0 Å². The molecule has 0 unspecified atom stereocenters. The van der Waals surface area contributed by atoms with Gasteiger partial charge >= 0.3 is 0 Å². The maximum Gasteiger partial charge on any atom is 0.248 e. The molecule has 0 aliphatic carbocycles. The Bertz CT molecular complexity index is 567. The van der Waals surface area contributed by atoms with Crippen LogP contribution < -0.4 is 10.5 Å². The maximum absolute atomic E-state index is 11.1. The Morgan fingerprint density at radius 1 is 1.16 bits per heavy atom. The Labute approximate surface area is 111 Å². The van der Waals surface area contributed by atoms with Gasteiger partial charge in [0.2, 0.25) is 5.91 Å². The van der Waals surface area contributed by atoms with Crippen molar-refractivity contribution in [2.24, 2.45) is 5.73 Å². The molecule has 0 atom stereocenters. The van der Waals surface area contributed by atoms with Gasteiger partial charge in [0.15, 0.2) is 0 Å². The van der Waals surface area contributed by atoms with Gasteiger partial charge in [0, 0.05) is 12.0 Å². The van der Waals surface area contributed by atoms with E-state index in [1.807, 2.05) is 30.3 Å². The van der Waals surface area contributed by atoms with Crippen molar-refractivity contribution in [1.29, 1.82) is 0 Å². The molecule has 0 fully saturated rings. The quantitative estimate of drug-likeness (QED) is 0.861. The number of aromatic hydroxyl groups is 1. The fourth-order valence-corrected chi connectivity index (χ4v) is 1.73. The number of hydrogen-bond acceptors (Lipinski definition) is 3. The minimum absolute atomic E-state index is 0.140. The Hall–Kier alpha value is -2.49. The molecule has 19 heavy (non-hydrogen) atoms. The first-order valence-corrected chi connectivity index (χ1v) is 5.96. The molecule has 1 amide bonds. The summed E-state index contributed by atoms with van der Waals surface area (Å²) in [5.74, 6) is 0.403. The van der Waals surface area contributed by atoms with E-state index in [0.29, 0.717) is 24.2 Å². The minimum Gasteiger partial charge on any atom is -0.508 e. The third kappa shape index (κ3) is 3.48. The lowest BCUT2D eigenvalue weighted by Gasteiger charge is -2.08. The van der Waals surface area contributed by atoms with E-state index < -0.39 is 5.91 Å². The molecule has 0 saturated heterocycles. The number of rotatable bonds is 5. The lowest BCUT2D eigenvalue weighted by molar-refractivity contribution is 0.1000. The number of benzene rings is 2. The highest BCUT2D eigenvalue weighted by atomic mass is 16.5. The van der Waals surface area contributed by atoms with Crippen molar-refractivity contribution >= 4 is 5.91 Å². The Kier molecular flexibility index (Phi) is 4.03. The number of nitrogens with two attached hydrogens (primary N) is 1. The molecule has 0 aliphatic rings. The highest BCUT2D eigenvalue weighted by Crippen LogP contribution is 2.19. The monoisotopic (exact) mass is 257 g/mol. The average Bonchev–Trinajstić information content (AvgIpc) is 2.42. The van der Waals surface area contributed by atoms with Crippen LogP contribution in [0.25, 0.3) is 0 Å². The first-order valence-electron chi connectivity index (χ1n) is 5.96. The van der Waals surface area contributed by atoms with Crippen molar-refractivity contribution in [3.05, 3.63) is 59.7 Å². The van der Waals surface area contributed by atoms with Crippen LogP contribution >= 0.6 is 0 Å². The van der Waals surface area contributed by atoms with E-state index in [0.717, 1.165) is 5.75 Å². The molecular formula is C15H15NO3. The summed E-state index contributed by atoms with van der Waals surface area (Å²) in [7, 11) is 0. The zero-order chi connectivity index (χ0) is 13.7. The summed E-state index contributed by atoms with van der Waals surface area (Å²) >= 11 is 0. The number of ether oxygens (including phenoxy) is 1. The molecule has 2 aromatic carbocycles.